The maximum absolute atomic E-state index is 12.4. The zero-order chi connectivity index (χ0) is 19.2. The standard InChI is InChI=1S/C23H26N2O2/c1-14-4-7-18(12-20(14)25-21(26)10-15-5-6-15)24-17-8-9-19-16(11-17)13-23(2,3)22(19)27/h4,7-9,11-12,15,24H,5-6,10,13H2,1-3H3,(H,25,26). The van der Waals surface area contributed by atoms with E-state index < -0.39 is 0 Å². The Morgan fingerprint density at radius 2 is 1.81 bits per heavy atom. The van der Waals surface area contributed by atoms with Crippen LogP contribution in [-0.4, -0.2) is 11.7 Å². The molecule has 0 unspecified atom stereocenters. The van der Waals surface area contributed by atoms with Crippen molar-refractivity contribution in [2.45, 2.75) is 46.5 Å². The summed E-state index contributed by atoms with van der Waals surface area (Å²) in [6.45, 7) is 6.00. The highest BCUT2D eigenvalue weighted by Gasteiger charge is 2.37. The first kappa shape index (κ1) is 17.8. The van der Waals surface area contributed by atoms with Crippen molar-refractivity contribution in [3.05, 3.63) is 53.1 Å². The molecule has 0 atom stereocenters. The van der Waals surface area contributed by atoms with Crippen molar-refractivity contribution in [1.29, 1.82) is 0 Å². The topological polar surface area (TPSA) is 58.2 Å². The molecule has 2 aliphatic carbocycles. The Morgan fingerprint density at radius 3 is 2.56 bits per heavy atom. The molecule has 0 heterocycles. The Hall–Kier alpha value is -2.62. The molecule has 2 aromatic rings. The second-order valence-corrected chi connectivity index (χ2v) is 8.61. The molecular weight excluding hydrogens is 336 g/mol. The first-order valence-corrected chi connectivity index (χ1v) is 9.67. The first-order valence-electron chi connectivity index (χ1n) is 9.67. The van der Waals surface area contributed by atoms with Gasteiger partial charge in [-0.05, 0) is 73.6 Å². The molecule has 0 aliphatic heterocycles. The molecule has 0 radical (unpaired) electrons. The van der Waals surface area contributed by atoms with Gasteiger partial charge in [-0.2, -0.15) is 0 Å². The van der Waals surface area contributed by atoms with Gasteiger partial charge in [0.1, 0.15) is 0 Å². The largest absolute Gasteiger partial charge is 0.355 e. The maximum Gasteiger partial charge on any atom is 0.224 e. The lowest BCUT2D eigenvalue weighted by atomic mass is 9.89. The van der Waals surface area contributed by atoms with Crippen LogP contribution in [0.1, 0.15) is 54.6 Å². The van der Waals surface area contributed by atoms with Gasteiger partial charge < -0.3 is 10.6 Å². The van der Waals surface area contributed by atoms with Crippen LogP contribution < -0.4 is 10.6 Å². The second-order valence-electron chi connectivity index (χ2n) is 8.61. The summed E-state index contributed by atoms with van der Waals surface area (Å²) in [6.07, 6.45) is 3.73. The first-order chi connectivity index (χ1) is 12.8. The number of fused-ring (bicyclic) bond motifs is 1. The fourth-order valence-corrected chi connectivity index (χ4v) is 3.75. The summed E-state index contributed by atoms with van der Waals surface area (Å²) in [5, 5.41) is 6.45. The molecule has 0 bridgehead atoms. The van der Waals surface area contributed by atoms with Gasteiger partial charge in [-0.3, -0.25) is 9.59 Å². The van der Waals surface area contributed by atoms with Crippen LogP contribution in [0.4, 0.5) is 17.1 Å². The minimum absolute atomic E-state index is 0.0935. The number of rotatable bonds is 5. The number of Topliss-reactive ketones (excluding diaryl/α,β-unsaturated/α-hetero) is 1. The van der Waals surface area contributed by atoms with Gasteiger partial charge in [-0.15, -0.1) is 0 Å². The van der Waals surface area contributed by atoms with Crippen molar-refractivity contribution < 1.29 is 9.59 Å². The number of carbonyl (C=O) groups is 2. The molecule has 1 fully saturated rings. The van der Waals surface area contributed by atoms with Gasteiger partial charge in [0.25, 0.3) is 0 Å². The van der Waals surface area contributed by atoms with Crippen LogP contribution in [0.3, 0.4) is 0 Å². The molecule has 4 nitrogen and oxygen atoms in total. The quantitative estimate of drug-likeness (QED) is 0.764. The van der Waals surface area contributed by atoms with E-state index in [2.05, 4.69) is 16.7 Å². The predicted octanol–water partition coefficient (Wildman–Crippen LogP) is 5.24. The Balaban J connectivity index is 1.51. The molecule has 4 rings (SSSR count). The van der Waals surface area contributed by atoms with Gasteiger partial charge in [0, 0.05) is 34.5 Å². The average molecular weight is 362 g/mol. The van der Waals surface area contributed by atoms with Crippen LogP contribution in [0.5, 0.6) is 0 Å². The fourth-order valence-electron chi connectivity index (χ4n) is 3.75. The van der Waals surface area contributed by atoms with Crippen molar-refractivity contribution in [3.8, 4) is 0 Å². The highest BCUT2D eigenvalue weighted by atomic mass is 16.1. The number of aryl methyl sites for hydroxylation is 1. The number of nitrogens with one attached hydrogen (secondary N) is 2. The Morgan fingerprint density at radius 1 is 1.11 bits per heavy atom. The minimum Gasteiger partial charge on any atom is -0.355 e. The molecule has 140 valence electrons. The molecule has 0 aromatic heterocycles. The van der Waals surface area contributed by atoms with Gasteiger partial charge in [0.05, 0.1) is 0 Å². The van der Waals surface area contributed by atoms with Gasteiger partial charge >= 0.3 is 0 Å². The van der Waals surface area contributed by atoms with Crippen LogP contribution in [-0.2, 0) is 11.2 Å². The Labute approximate surface area is 160 Å². The van der Waals surface area contributed by atoms with E-state index >= 15 is 0 Å². The zero-order valence-electron chi connectivity index (χ0n) is 16.2. The van der Waals surface area contributed by atoms with Crippen molar-refractivity contribution in [2.24, 2.45) is 11.3 Å². The summed E-state index contributed by atoms with van der Waals surface area (Å²) in [5.41, 5.74) is 5.39. The third-order valence-corrected chi connectivity index (χ3v) is 5.57. The van der Waals surface area contributed by atoms with Crippen molar-refractivity contribution in [2.75, 3.05) is 10.6 Å². The number of ketones is 1. The van der Waals surface area contributed by atoms with Crippen molar-refractivity contribution >= 4 is 28.8 Å². The normalized spacial score (nSPS) is 17.5. The number of amides is 1. The SMILES string of the molecule is Cc1ccc(Nc2ccc3c(c2)CC(C)(C)C3=O)cc1NC(=O)CC1CC1. The van der Waals surface area contributed by atoms with Crippen LogP contribution in [0.2, 0.25) is 0 Å². The third-order valence-electron chi connectivity index (χ3n) is 5.57. The van der Waals surface area contributed by atoms with Crippen molar-refractivity contribution in [1.82, 2.24) is 0 Å². The summed E-state index contributed by atoms with van der Waals surface area (Å²) in [5.74, 6) is 0.890. The monoisotopic (exact) mass is 362 g/mol. The number of hydrogen-bond acceptors (Lipinski definition) is 3. The Bertz CT molecular complexity index is 926. The Kier molecular flexibility index (Phi) is 4.29. The fraction of sp³-hybridized carbons (Fsp3) is 0.391. The van der Waals surface area contributed by atoms with E-state index in [4.69, 9.17) is 0 Å². The van der Waals surface area contributed by atoms with Crippen LogP contribution in [0.15, 0.2) is 36.4 Å². The molecule has 2 aromatic carbocycles. The molecule has 2 N–H and O–H groups in total. The predicted molar refractivity (Wildman–Crippen MR) is 109 cm³/mol. The number of carbonyl (C=O) groups excluding carboxylic acids is 2. The summed E-state index contributed by atoms with van der Waals surface area (Å²) >= 11 is 0. The molecule has 1 amide bonds. The molecule has 0 spiro atoms. The van der Waals surface area contributed by atoms with Gasteiger partial charge in [0.2, 0.25) is 5.91 Å². The molecule has 4 heteroatoms. The lowest BCUT2D eigenvalue weighted by Gasteiger charge is -2.13. The van der Waals surface area contributed by atoms with Crippen LogP contribution in [0.25, 0.3) is 0 Å². The summed E-state index contributed by atoms with van der Waals surface area (Å²) in [4.78, 5) is 24.5. The molecule has 27 heavy (non-hydrogen) atoms. The summed E-state index contributed by atoms with van der Waals surface area (Å²) < 4.78 is 0. The van der Waals surface area contributed by atoms with E-state index in [1.54, 1.807) is 0 Å². The van der Waals surface area contributed by atoms with E-state index in [0.29, 0.717) is 12.3 Å². The van der Waals surface area contributed by atoms with E-state index in [1.807, 2.05) is 51.1 Å². The van der Waals surface area contributed by atoms with E-state index in [0.717, 1.165) is 40.2 Å². The molecule has 2 aliphatic rings. The number of anilines is 3. The van der Waals surface area contributed by atoms with E-state index in [9.17, 15) is 9.59 Å². The van der Waals surface area contributed by atoms with Crippen molar-refractivity contribution in [3.63, 3.8) is 0 Å². The van der Waals surface area contributed by atoms with Gasteiger partial charge in [-0.1, -0.05) is 19.9 Å². The summed E-state index contributed by atoms with van der Waals surface area (Å²) in [6, 6.07) is 11.9. The smallest absolute Gasteiger partial charge is 0.224 e. The van der Waals surface area contributed by atoms with E-state index in [1.165, 1.54) is 12.8 Å². The van der Waals surface area contributed by atoms with Gasteiger partial charge in [-0.25, -0.2) is 0 Å². The molecule has 1 saturated carbocycles. The van der Waals surface area contributed by atoms with E-state index in [-0.39, 0.29) is 17.1 Å². The maximum atomic E-state index is 12.4. The van der Waals surface area contributed by atoms with Crippen LogP contribution >= 0.6 is 0 Å². The average Bonchev–Trinajstić information content (AvgIpc) is 3.37. The minimum atomic E-state index is -0.316. The molecule has 0 saturated heterocycles. The van der Waals surface area contributed by atoms with Gasteiger partial charge in [0.15, 0.2) is 5.78 Å². The zero-order valence-corrected chi connectivity index (χ0v) is 16.2. The second kappa shape index (κ2) is 6.52. The number of benzene rings is 2. The lowest BCUT2D eigenvalue weighted by molar-refractivity contribution is -0.116. The lowest BCUT2D eigenvalue weighted by Crippen LogP contribution is -2.18. The highest BCUT2D eigenvalue weighted by molar-refractivity contribution is 6.04. The third kappa shape index (κ3) is 3.75. The number of hydrogen-bond donors (Lipinski definition) is 2. The highest BCUT2D eigenvalue weighted by Crippen LogP contribution is 2.38. The van der Waals surface area contributed by atoms with Crippen LogP contribution in [0, 0.1) is 18.3 Å². The summed E-state index contributed by atoms with van der Waals surface area (Å²) in [7, 11) is 0. The molecular formula is C23H26N2O2.